The summed E-state index contributed by atoms with van der Waals surface area (Å²) >= 11 is 5.93. The van der Waals surface area contributed by atoms with Crippen LogP contribution in [0.25, 0.3) is 0 Å². The van der Waals surface area contributed by atoms with E-state index in [1.165, 1.54) is 0 Å². The van der Waals surface area contributed by atoms with Crippen molar-refractivity contribution >= 4 is 29.3 Å². The predicted molar refractivity (Wildman–Crippen MR) is 86.7 cm³/mol. The minimum absolute atomic E-state index is 0.0329. The van der Waals surface area contributed by atoms with Gasteiger partial charge in [0.25, 0.3) is 0 Å². The Bertz CT molecular complexity index is 638. The quantitative estimate of drug-likeness (QED) is 0.899. The first-order chi connectivity index (χ1) is 11.1. The Labute approximate surface area is 139 Å². The van der Waals surface area contributed by atoms with Gasteiger partial charge < -0.3 is 15.0 Å². The van der Waals surface area contributed by atoms with Gasteiger partial charge in [-0.1, -0.05) is 23.7 Å². The van der Waals surface area contributed by atoms with Gasteiger partial charge in [0.05, 0.1) is 19.3 Å². The summed E-state index contributed by atoms with van der Waals surface area (Å²) in [4.78, 5) is 30.4. The molecule has 122 valence electrons. The number of amides is 3. The number of halogens is 1. The molecule has 0 radical (unpaired) electrons. The molecule has 0 spiro atoms. The summed E-state index contributed by atoms with van der Waals surface area (Å²) in [6, 6.07) is 6.29. The number of benzene rings is 1. The van der Waals surface area contributed by atoms with Gasteiger partial charge in [0.15, 0.2) is 0 Å². The monoisotopic (exact) mass is 335 g/mol. The third-order valence-corrected chi connectivity index (χ3v) is 4.41. The van der Waals surface area contributed by atoms with E-state index in [1.807, 2.05) is 12.1 Å². The number of carbonyl (C=O) groups is 2. The summed E-state index contributed by atoms with van der Waals surface area (Å²) in [7, 11) is 0. The Balaban J connectivity index is 1.91. The molecule has 7 heteroatoms. The molecule has 3 rings (SSSR count). The van der Waals surface area contributed by atoms with Crippen LogP contribution in [0.5, 0.6) is 0 Å². The Morgan fingerprint density at radius 2 is 1.96 bits per heavy atom. The lowest BCUT2D eigenvalue weighted by Crippen LogP contribution is -2.51. The van der Waals surface area contributed by atoms with E-state index in [-0.39, 0.29) is 5.91 Å². The van der Waals surface area contributed by atoms with E-state index in [9.17, 15) is 9.59 Å². The molecule has 2 atom stereocenters. The van der Waals surface area contributed by atoms with Gasteiger partial charge in [-0.2, -0.15) is 0 Å². The first-order valence-electron chi connectivity index (χ1n) is 7.54. The Kier molecular flexibility index (Phi) is 4.63. The Hall–Kier alpha value is -1.92. The summed E-state index contributed by atoms with van der Waals surface area (Å²) in [5, 5.41) is 3.41. The minimum atomic E-state index is -0.507. The standard InChI is InChI=1S/C16H18ClN3O3/c1-10-13(15(21)20-6-8-23-9-7-20)14(19-16(22)18-10)11-2-4-12(17)5-3-11/h2-5,13-14H,6-9H2,1H3,(H,19,22). The van der Waals surface area contributed by atoms with E-state index < -0.39 is 18.0 Å². The van der Waals surface area contributed by atoms with Crippen molar-refractivity contribution in [1.29, 1.82) is 0 Å². The molecular formula is C16H18ClN3O3. The highest BCUT2D eigenvalue weighted by atomic mass is 35.5. The molecule has 2 unspecified atom stereocenters. The maximum Gasteiger partial charge on any atom is 0.341 e. The van der Waals surface area contributed by atoms with Crippen LogP contribution in [0.4, 0.5) is 4.79 Å². The molecule has 1 N–H and O–H groups in total. The van der Waals surface area contributed by atoms with Crippen LogP contribution in [0.3, 0.4) is 0 Å². The van der Waals surface area contributed by atoms with E-state index in [0.717, 1.165) is 5.56 Å². The Morgan fingerprint density at radius 3 is 2.61 bits per heavy atom. The third-order valence-electron chi connectivity index (χ3n) is 4.16. The highest BCUT2D eigenvalue weighted by Gasteiger charge is 2.39. The summed E-state index contributed by atoms with van der Waals surface area (Å²) in [5.74, 6) is -0.540. The SMILES string of the molecule is CC1=NC(=O)NC(c2ccc(Cl)cc2)C1C(=O)N1CCOCC1. The van der Waals surface area contributed by atoms with Crippen LogP contribution in [0.15, 0.2) is 29.3 Å². The zero-order valence-electron chi connectivity index (χ0n) is 12.8. The number of ether oxygens (including phenoxy) is 1. The van der Waals surface area contributed by atoms with Crippen LogP contribution >= 0.6 is 11.6 Å². The summed E-state index contributed by atoms with van der Waals surface area (Å²) in [6.07, 6.45) is 0. The van der Waals surface area contributed by atoms with E-state index in [1.54, 1.807) is 24.0 Å². The van der Waals surface area contributed by atoms with Gasteiger partial charge >= 0.3 is 6.03 Å². The van der Waals surface area contributed by atoms with Crippen LogP contribution in [0.1, 0.15) is 18.5 Å². The van der Waals surface area contributed by atoms with Gasteiger partial charge in [-0.3, -0.25) is 4.79 Å². The normalized spacial score (nSPS) is 24.9. The fourth-order valence-corrected chi connectivity index (χ4v) is 3.09. The van der Waals surface area contributed by atoms with Gasteiger partial charge in [0.2, 0.25) is 5.91 Å². The first kappa shape index (κ1) is 16.0. The molecule has 2 aliphatic rings. The van der Waals surface area contributed by atoms with Gasteiger partial charge in [-0.15, -0.1) is 0 Å². The summed E-state index contributed by atoms with van der Waals surface area (Å²) in [5.41, 5.74) is 1.37. The molecule has 1 aromatic carbocycles. The second-order valence-corrected chi connectivity index (χ2v) is 6.08. The molecule has 0 aromatic heterocycles. The van der Waals surface area contributed by atoms with Crippen LogP contribution in [-0.4, -0.2) is 48.9 Å². The molecule has 3 amide bonds. The van der Waals surface area contributed by atoms with Crippen molar-refractivity contribution in [1.82, 2.24) is 10.2 Å². The zero-order chi connectivity index (χ0) is 16.4. The zero-order valence-corrected chi connectivity index (χ0v) is 13.5. The average Bonchev–Trinajstić information content (AvgIpc) is 2.55. The smallest absolute Gasteiger partial charge is 0.341 e. The molecule has 6 nitrogen and oxygen atoms in total. The van der Waals surface area contributed by atoms with Crippen molar-refractivity contribution in [2.75, 3.05) is 26.3 Å². The third kappa shape index (κ3) is 3.38. The number of carbonyl (C=O) groups excluding carboxylic acids is 2. The number of nitrogens with zero attached hydrogens (tertiary/aromatic N) is 2. The van der Waals surface area contributed by atoms with Crippen molar-refractivity contribution in [3.8, 4) is 0 Å². The molecule has 1 fully saturated rings. The fraction of sp³-hybridized carbons (Fsp3) is 0.438. The molecule has 1 saturated heterocycles. The van der Waals surface area contributed by atoms with Gasteiger partial charge in [0, 0.05) is 23.8 Å². The number of aliphatic imine (C=N–C) groups is 1. The highest BCUT2D eigenvalue weighted by Crippen LogP contribution is 2.29. The number of rotatable bonds is 2. The van der Waals surface area contributed by atoms with Crippen molar-refractivity contribution in [2.24, 2.45) is 10.9 Å². The van der Waals surface area contributed by atoms with Crippen LogP contribution in [0, 0.1) is 5.92 Å². The number of hydrogen-bond donors (Lipinski definition) is 1. The largest absolute Gasteiger partial charge is 0.378 e. The van der Waals surface area contributed by atoms with Crippen LogP contribution < -0.4 is 5.32 Å². The number of urea groups is 1. The molecule has 0 saturated carbocycles. The van der Waals surface area contributed by atoms with Crippen molar-refractivity contribution in [3.05, 3.63) is 34.9 Å². The summed E-state index contributed by atoms with van der Waals surface area (Å²) in [6.45, 7) is 3.91. The molecule has 0 bridgehead atoms. The second-order valence-electron chi connectivity index (χ2n) is 5.65. The average molecular weight is 336 g/mol. The first-order valence-corrected chi connectivity index (χ1v) is 7.92. The summed E-state index contributed by atoms with van der Waals surface area (Å²) < 4.78 is 5.30. The maximum atomic E-state index is 12.9. The molecule has 0 aliphatic carbocycles. The molecule has 1 aromatic rings. The van der Waals surface area contributed by atoms with Crippen molar-refractivity contribution in [2.45, 2.75) is 13.0 Å². The topological polar surface area (TPSA) is 71.0 Å². The lowest BCUT2D eigenvalue weighted by atomic mass is 9.87. The number of morpholine rings is 1. The van der Waals surface area contributed by atoms with Crippen molar-refractivity contribution in [3.63, 3.8) is 0 Å². The van der Waals surface area contributed by atoms with E-state index in [0.29, 0.717) is 37.0 Å². The number of nitrogens with one attached hydrogen (secondary N) is 1. The molecule has 2 heterocycles. The Morgan fingerprint density at radius 1 is 1.30 bits per heavy atom. The maximum absolute atomic E-state index is 12.9. The molecule has 23 heavy (non-hydrogen) atoms. The van der Waals surface area contributed by atoms with Gasteiger partial charge in [0.1, 0.15) is 5.92 Å². The lowest BCUT2D eigenvalue weighted by Gasteiger charge is -2.35. The second kappa shape index (κ2) is 6.68. The van der Waals surface area contributed by atoms with E-state index in [4.69, 9.17) is 16.3 Å². The van der Waals surface area contributed by atoms with Crippen LogP contribution in [-0.2, 0) is 9.53 Å². The van der Waals surface area contributed by atoms with Gasteiger partial charge in [-0.05, 0) is 24.6 Å². The molecular weight excluding hydrogens is 318 g/mol. The van der Waals surface area contributed by atoms with Gasteiger partial charge in [-0.25, -0.2) is 9.79 Å². The fourth-order valence-electron chi connectivity index (χ4n) is 2.97. The molecule has 2 aliphatic heterocycles. The minimum Gasteiger partial charge on any atom is -0.378 e. The van der Waals surface area contributed by atoms with Crippen LogP contribution in [0.2, 0.25) is 5.02 Å². The number of hydrogen-bond acceptors (Lipinski definition) is 3. The lowest BCUT2D eigenvalue weighted by molar-refractivity contribution is -0.138. The van der Waals surface area contributed by atoms with E-state index in [2.05, 4.69) is 10.3 Å². The van der Waals surface area contributed by atoms with E-state index >= 15 is 0 Å². The highest BCUT2D eigenvalue weighted by molar-refractivity contribution is 6.30. The van der Waals surface area contributed by atoms with Crippen molar-refractivity contribution < 1.29 is 14.3 Å². The predicted octanol–water partition coefficient (Wildman–Crippen LogP) is 2.04.